The van der Waals surface area contributed by atoms with Crippen molar-refractivity contribution in [3.05, 3.63) is 36.2 Å². The number of hydrogen-bond donors (Lipinski definition) is 2. The summed E-state index contributed by atoms with van der Waals surface area (Å²) in [6.07, 6.45) is 6.07. The molecule has 0 bridgehead atoms. The molecule has 2 heterocycles. The van der Waals surface area contributed by atoms with E-state index in [0.29, 0.717) is 0 Å². The smallest absolute Gasteiger partial charge is 0.0481 e. The van der Waals surface area contributed by atoms with E-state index in [2.05, 4.69) is 28.5 Å². The van der Waals surface area contributed by atoms with Gasteiger partial charge in [-0.2, -0.15) is 0 Å². The molecule has 1 aromatic carbocycles. The summed E-state index contributed by atoms with van der Waals surface area (Å²) >= 11 is 0. The third-order valence-corrected chi connectivity index (χ3v) is 2.24. The Morgan fingerprint density at radius 3 is 3.17 bits per heavy atom. The van der Waals surface area contributed by atoms with Crippen molar-refractivity contribution >= 4 is 22.7 Å². The molecule has 0 aliphatic carbocycles. The van der Waals surface area contributed by atoms with E-state index in [-0.39, 0.29) is 0 Å². The van der Waals surface area contributed by atoms with Crippen molar-refractivity contribution in [3.63, 3.8) is 0 Å². The van der Waals surface area contributed by atoms with Crippen LogP contribution >= 0.6 is 0 Å². The van der Waals surface area contributed by atoms with Crippen LogP contribution in [0.15, 0.2) is 30.6 Å². The molecule has 3 rings (SSSR count). The quantitative estimate of drug-likeness (QED) is 0.602. The highest BCUT2D eigenvalue weighted by Gasteiger charge is 2.07. The van der Waals surface area contributed by atoms with Gasteiger partial charge in [-0.1, -0.05) is 6.07 Å². The van der Waals surface area contributed by atoms with Crippen LogP contribution in [0.25, 0.3) is 17.0 Å². The molecule has 2 N–H and O–H groups in total. The first-order chi connectivity index (χ1) is 5.95. The fourth-order valence-electron chi connectivity index (χ4n) is 1.68. The average Bonchev–Trinajstić information content (AvgIpc) is 2.52. The number of anilines is 1. The van der Waals surface area contributed by atoms with Crippen LogP contribution in [0, 0.1) is 0 Å². The molecule has 0 radical (unpaired) electrons. The molecule has 1 aliphatic rings. The molecule has 0 spiro atoms. The Morgan fingerprint density at radius 1 is 1.17 bits per heavy atom. The van der Waals surface area contributed by atoms with Gasteiger partial charge >= 0.3 is 0 Å². The normalized spacial score (nSPS) is 13.3. The van der Waals surface area contributed by atoms with E-state index in [0.717, 1.165) is 0 Å². The maximum Gasteiger partial charge on any atom is 0.0481 e. The van der Waals surface area contributed by atoms with Crippen molar-refractivity contribution in [2.45, 2.75) is 0 Å². The Kier molecular flexibility index (Phi) is 0.939. The predicted molar refractivity (Wildman–Crippen MR) is 51.0 cm³/mol. The van der Waals surface area contributed by atoms with E-state index in [9.17, 15) is 0 Å². The number of rotatable bonds is 0. The molecule has 1 aliphatic heterocycles. The van der Waals surface area contributed by atoms with E-state index >= 15 is 0 Å². The molecule has 2 heteroatoms. The average molecular weight is 156 g/mol. The Labute approximate surface area is 69.9 Å². The van der Waals surface area contributed by atoms with Gasteiger partial charge in [-0.3, -0.25) is 0 Å². The van der Waals surface area contributed by atoms with Crippen molar-refractivity contribution in [1.29, 1.82) is 0 Å². The number of benzene rings is 1. The third kappa shape index (κ3) is 0.593. The second-order valence-corrected chi connectivity index (χ2v) is 2.95. The number of nitrogens with one attached hydrogen (secondary N) is 2. The Morgan fingerprint density at radius 2 is 2.17 bits per heavy atom. The molecular weight excluding hydrogens is 148 g/mol. The van der Waals surface area contributed by atoms with Gasteiger partial charge in [-0.25, -0.2) is 0 Å². The summed E-state index contributed by atoms with van der Waals surface area (Å²) in [6, 6.07) is 6.22. The van der Waals surface area contributed by atoms with E-state index in [4.69, 9.17) is 0 Å². The molecule has 0 unspecified atom stereocenters. The maximum absolute atomic E-state index is 3.23. The molecule has 2 nitrogen and oxygen atoms in total. The summed E-state index contributed by atoms with van der Waals surface area (Å²) in [6.45, 7) is 0. The molecule has 0 amide bonds. The largest absolute Gasteiger partial charge is 0.361 e. The van der Waals surface area contributed by atoms with Crippen LogP contribution in [-0.4, -0.2) is 4.98 Å². The van der Waals surface area contributed by atoms with Crippen molar-refractivity contribution in [2.75, 3.05) is 5.32 Å². The lowest BCUT2D eigenvalue weighted by molar-refractivity contribution is 1.47. The predicted octanol–water partition coefficient (Wildman–Crippen LogP) is 2.56. The number of aromatic nitrogens is 1. The van der Waals surface area contributed by atoms with Gasteiger partial charge in [0, 0.05) is 34.6 Å². The highest BCUT2D eigenvalue weighted by Crippen LogP contribution is 2.30. The van der Waals surface area contributed by atoms with Crippen molar-refractivity contribution in [3.8, 4) is 0 Å². The van der Waals surface area contributed by atoms with E-state index < -0.39 is 0 Å². The summed E-state index contributed by atoms with van der Waals surface area (Å²) in [5, 5.41) is 4.50. The molecule has 1 aromatic heterocycles. The fourth-order valence-corrected chi connectivity index (χ4v) is 1.68. The van der Waals surface area contributed by atoms with E-state index in [1.54, 1.807) is 0 Å². The van der Waals surface area contributed by atoms with Gasteiger partial charge in [-0.15, -0.1) is 0 Å². The van der Waals surface area contributed by atoms with Crippen molar-refractivity contribution in [2.24, 2.45) is 0 Å². The Hall–Kier alpha value is -1.70. The lowest BCUT2D eigenvalue weighted by Gasteiger charge is -2.07. The molecule has 0 atom stereocenters. The first-order valence-electron chi connectivity index (χ1n) is 3.98. The fraction of sp³-hybridized carbons (Fsp3) is 0. The standard InChI is InChI=1S/C10H8N2/c1-2-8-10-7(4-5-11-8)6-12-9(10)3-1/h1-6,11-12H. The van der Waals surface area contributed by atoms with Gasteiger partial charge in [0.25, 0.3) is 0 Å². The lowest BCUT2D eigenvalue weighted by atomic mass is 10.1. The number of H-pyrrole nitrogens is 1. The lowest BCUT2D eigenvalue weighted by Crippen LogP contribution is -1.92. The van der Waals surface area contributed by atoms with Gasteiger partial charge in [-0.05, 0) is 18.2 Å². The first kappa shape index (κ1) is 5.89. The summed E-state index contributed by atoms with van der Waals surface area (Å²) in [5.41, 5.74) is 3.64. The third-order valence-electron chi connectivity index (χ3n) is 2.24. The minimum atomic E-state index is 1.19. The molecule has 0 saturated carbocycles. The molecule has 0 saturated heterocycles. The first-order valence-corrected chi connectivity index (χ1v) is 3.98. The summed E-state index contributed by atoms with van der Waals surface area (Å²) < 4.78 is 0. The molecule has 0 fully saturated rings. The maximum atomic E-state index is 3.23. The zero-order chi connectivity index (χ0) is 7.97. The van der Waals surface area contributed by atoms with Gasteiger partial charge < -0.3 is 10.3 Å². The summed E-state index contributed by atoms with van der Waals surface area (Å²) in [4.78, 5) is 3.23. The van der Waals surface area contributed by atoms with Crippen LogP contribution < -0.4 is 5.32 Å². The molecular formula is C10H8N2. The number of aromatic amines is 1. The van der Waals surface area contributed by atoms with Gasteiger partial charge in [0.2, 0.25) is 0 Å². The van der Waals surface area contributed by atoms with E-state index in [1.165, 1.54) is 22.2 Å². The zero-order valence-electron chi connectivity index (χ0n) is 6.46. The van der Waals surface area contributed by atoms with Gasteiger partial charge in [0.15, 0.2) is 0 Å². The minimum Gasteiger partial charge on any atom is -0.361 e. The van der Waals surface area contributed by atoms with Crippen LogP contribution in [0.4, 0.5) is 5.69 Å². The molecule has 12 heavy (non-hydrogen) atoms. The van der Waals surface area contributed by atoms with Crippen LogP contribution in [0.2, 0.25) is 0 Å². The second-order valence-electron chi connectivity index (χ2n) is 2.95. The van der Waals surface area contributed by atoms with Crippen molar-refractivity contribution in [1.82, 2.24) is 4.98 Å². The number of hydrogen-bond acceptors (Lipinski definition) is 1. The minimum absolute atomic E-state index is 1.19. The zero-order valence-corrected chi connectivity index (χ0v) is 6.46. The monoisotopic (exact) mass is 156 g/mol. The summed E-state index contributed by atoms with van der Waals surface area (Å²) in [7, 11) is 0. The Bertz CT molecular complexity index is 466. The molecule has 2 aromatic rings. The summed E-state index contributed by atoms with van der Waals surface area (Å²) in [5.74, 6) is 0. The van der Waals surface area contributed by atoms with Crippen LogP contribution in [0.3, 0.4) is 0 Å². The molecule has 58 valence electrons. The van der Waals surface area contributed by atoms with E-state index in [1.807, 2.05) is 18.5 Å². The Balaban J connectivity index is 2.57. The highest BCUT2D eigenvalue weighted by molar-refractivity contribution is 6.01. The topological polar surface area (TPSA) is 27.8 Å². The van der Waals surface area contributed by atoms with Gasteiger partial charge in [0.1, 0.15) is 0 Å². The van der Waals surface area contributed by atoms with Crippen molar-refractivity contribution < 1.29 is 0 Å². The SMILES string of the molecule is C1=Cc2c[nH]c3cccc(c23)N1. The van der Waals surface area contributed by atoms with Crippen LogP contribution in [0.5, 0.6) is 0 Å². The van der Waals surface area contributed by atoms with Crippen LogP contribution in [0.1, 0.15) is 5.56 Å². The van der Waals surface area contributed by atoms with Crippen LogP contribution in [-0.2, 0) is 0 Å². The highest BCUT2D eigenvalue weighted by atomic mass is 14.9. The van der Waals surface area contributed by atoms with Gasteiger partial charge in [0.05, 0.1) is 0 Å². The second kappa shape index (κ2) is 1.91.